The van der Waals surface area contributed by atoms with Gasteiger partial charge < -0.3 is 20.7 Å². The zero-order valence-electron chi connectivity index (χ0n) is 14.6. The number of carbonyl (C=O) groups excluding carboxylic acids is 1. The molecule has 0 radical (unpaired) electrons. The Morgan fingerprint density at radius 1 is 1.31 bits per heavy atom. The molecule has 3 N–H and O–H groups in total. The number of benzene rings is 1. The van der Waals surface area contributed by atoms with E-state index in [-0.39, 0.29) is 17.7 Å². The van der Waals surface area contributed by atoms with Crippen LogP contribution in [-0.4, -0.2) is 35.6 Å². The lowest BCUT2D eigenvalue weighted by Gasteiger charge is -2.32. The topological polar surface area (TPSA) is 93.4 Å². The van der Waals surface area contributed by atoms with E-state index < -0.39 is 0 Å². The number of anilines is 4. The van der Waals surface area contributed by atoms with Crippen LogP contribution in [0.25, 0.3) is 0 Å². The molecule has 0 unspecified atom stereocenters. The number of ether oxygens (including phenoxy) is 1. The fraction of sp³-hybridized carbons (Fsp3) is 0.389. The van der Waals surface area contributed by atoms with E-state index in [4.69, 9.17) is 10.5 Å². The Kier molecular flexibility index (Phi) is 5.50. The maximum Gasteiger partial charge on any atom is 0.309 e. The van der Waals surface area contributed by atoms with Gasteiger partial charge in [0.15, 0.2) is 11.6 Å². The summed E-state index contributed by atoms with van der Waals surface area (Å²) in [5.74, 6) is 0.574. The predicted molar refractivity (Wildman–Crippen MR) is 97.7 cm³/mol. The largest absolute Gasteiger partial charge is 0.466 e. The molecule has 1 saturated heterocycles. The number of aromatic nitrogens is 2. The lowest BCUT2D eigenvalue weighted by Crippen LogP contribution is -2.37. The molecule has 3 rings (SSSR count). The van der Waals surface area contributed by atoms with Crippen LogP contribution >= 0.6 is 0 Å². The van der Waals surface area contributed by atoms with Gasteiger partial charge in [-0.3, -0.25) is 4.79 Å². The van der Waals surface area contributed by atoms with Crippen LogP contribution in [-0.2, 0) is 9.53 Å². The van der Waals surface area contributed by atoms with Gasteiger partial charge in [0.25, 0.3) is 0 Å². The Morgan fingerprint density at radius 3 is 2.65 bits per heavy atom. The van der Waals surface area contributed by atoms with E-state index in [1.54, 1.807) is 12.1 Å². The number of nitrogen functional groups attached to an aromatic ring is 1. The van der Waals surface area contributed by atoms with Gasteiger partial charge in [-0.25, -0.2) is 14.4 Å². The van der Waals surface area contributed by atoms with Crippen molar-refractivity contribution in [1.29, 1.82) is 0 Å². The molecule has 0 bridgehead atoms. The fourth-order valence-corrected chi connectivity index (χ4v) is 2.99. The standard InChI is InChI=1S/C18H22FN5O2/c1-2-26-18(25)12-7-9-24(10-8-12)17-15(20)16(21-11-22-17)23-14-5-3-13(19)4-6-14/h3-6,11-12H,2,7-10,20H2,1H3,(H,21,22,23). The molecule has 0 saturated carbocycles. The second-order valence-corrected chi connectivity index (χ2v) is 6.10. The molecule has 8 heteroatoms. The maximum atomic E-state index is 13.0. The first-order chi connectivity index (χ1) is 12.6. The van der Waals surface area contributed by atoms with Gasteiger partial charge >= 0.3 is 5.97 Å². The van der Waals surface area contributed by atoms with E-state index in [9.17, 15) is 9.18 Å². The Bertz CT molecular complexity index is 761. The number of hydrogen-bond acceptors (Lipinski definition) is 7. The minimum Gasteiger partial charge on any atom is -0.466 e. The highest BCUT2D eigenvalue weighted by atomic mass is 19.1. The summed E-state index contributed by atoms with van der Waals surface area (Å²) in [5.41, 5.74) is 7.35. The van der Waals surface area contributed by atoms with Crippen molar-refractivity contribution in [3.05, 3.63) is 36.4 Å². The molecule has 1 fully saturated rings. The molecule has 0 spiro atoms. The number of piperidine rings is 1. The van der Waals surface area contributed by atoms with E-state index >= 15 is 0 Å². The van der Waals surface area contributed by atoms with Gasteiger partial charge in [-0.1, -0.05) is 0 Å². The van der Waals surface area contributed by atoms with E-state index in [1.165, 1.54) is 18.5 Å². The molecular weight excluding hydrogens is 337 g/mol. The molecule has 2 aromatic rings. The van der Waals surface area contributed by atoms with Crippen LogP contribution in [0.3, 0.4) is 0 Å². The van der Waals surface area contributed by atoms with Gasteiger partial charge in [-0.15, -0.1) is 0 Å². The average molecular weight is 359 g/mol. The van der Waals surface area contributed by atoms with Gasteiger partial charge in [0, 0.05) is 18.8 Å². The van der Waals surface area contributed by atoms with Crippen LogP contribution in [0.1, 0.15) is 19.8 Å². The summed E-state index contributed by atoms with van der Waals surface area (Å²) in [6.45, 7) is 3.54. The normalized spacial score (nSPS) is 14.9. The molecule has 0 aliphatic carbocycles. The van der Waals surface area contributed by atoms with Gasteiger partial charge in [-0.05, 0) is 44.0 Å². The van der Waals surface area contributed by atoms with E-state index in [2.05, 4.69) is 15.3 Å². The zero-order valence-corrected chi connectivity index (χ0v) is 14.6. The molecule has 138 valence electrons. The maximum absolute atomic E-state index is 13.0. The van der Waals surface area contributed by atoms with Crippen LogP contribution in [0.2, 0.25) is 0 Å². The molecule has 1 aromatic heterocycles. The summed E-state index contributed by atoms with van der Waals surface area (Å²) in [6.07, 6.45) is 2.83. The first kappa shape index (κ1) is 17.9. The van der Waals surface area contributed by atoms with Crippen LogP contribution < -0.4 is 16.0 Å². The monoisotopic (exact) mass is 359 g/mol. The first-order valence-electron chi connectivity index (χ1n) is 8.63. The van der Waals surface area contributed by atoms with Crippen LogP contribution in [0, 0.1) is 11.7 Å². The van der Waals surface area contributed by atoms with Crippen molar-refractivity contribution in [2.75, 3.05) is 35.6 Å². The summed E-state index contributed by atoms with van der Waals surface area (Å²) in [6, 6.07) is 5.95. The smallest absolute Gasteiger partial charge is 0.309 e. The van der Waals surface area contributed by atoms with Crippen molar-refractivity contribution < 1.29 is 13.9 Å². The van der Waals surface area contributed by atoms with E-state index in [0.29, 0.717) is 55.5 Å². The van der Waals surface area contributed by atoms with Crippen molar-refractivity contribution in [2.24, 2.45) is 5.92 Å². The van der Waals surface area contributed by atoms with Gasteiger partial charge in [0.1, 0.15) is 17.8 Å². The van der Waals surface area contributed by atoms with Crippen molar-refractivity contribution in [3.63, 3.8) is 0 Å². The zero-order chi connectivity index (χ0) is 18.5. The Labute approximate surface area is 151 Å². The Balaban J connectivity index is 1.70. The van der Waals surface area contributed by atoms with Gasteiger partial charge in [-0.2, -0.15) is 0 Å². The Hall–Kier alpha value is -2.90. The second kappa shape index (κ2) is 7.99. The second-order valence-electron chi connectivity index (χ2n) is 6.10. The van der Waals surface area contributed by atoms with Crippen molar-refractivity contribution >= 4 is 29.0 Å². The molecule has 7 nitrogen and oxygen atoms in total. The number of esters is 1. The minimum atomic E-state index is -0.309. The number of nitrogens with zero attached hydrogens (tertiary/aromatic N) is 3. The molecular formula is C18H22FN5O2. The SMILES string of the molecule is CCOC(=O)C1CCN(c2ncnc(Nc3ccc(F)cc3)c2N)CC1. The third-order valence-corrected chi connectivity index (χ3v) is 4.38. The highest BCUT2D eigenvalue weighted by Crippen LogP contribution is 2.31. The van der Waals surface area contributed by atoms with Crippen molar-refractivity contribution in [3.8, 4) is 0 Å². The quantitative estimate of drug-likeness (QED) is 0.793. The summed E-state index contributed by atoms with van der Waals surface area (Å²) < 4.78 is 18.1. The Morgan fingerprint density at radius 2 is 2.00 bits per heavy atom. The lowest BCUT2D eigenvalue weighted by atomic mass is 9.97. The summed E-state index contributed by atoms with van der Waals surface area (Å²) in [7, 11) is 0. The number of rotatable bonds is 5. The van der Waals surface area contributed by atoms with Gasteiger partial charge in [0.2, 0.25) is 0 Å². The average Bonchev–Trinajstić information content (AvgIpc) is 2.66. The number of halogens is 1. The van der Waals surface area contributed by atoms with Crippen LogP contribution in [0.5, 0.6) is 0 Å². The van der Waals surface area contributed by atoms with Gasteiger partial charge in [0.05, 0.1) is 12.5 Å². The summed E-state index contributed by atoms with van der Waals surface area (Å²) in [5, 5.41) is 3.08. The first-order valence-corrected chi connectivity index (χ1v) is 8.63. The molecule has 2 heterocycles. The molecule has 0 amide bonds. The summed E-state index contributed by atoms with van der Waals surface area (Å²) in [4.78, 5) is 22.4. The van der Waals surface area contributed by atoms with Crippen LogP contribution in [0.15, 0.2) is 30.6 Å². The number of nitrogens with two attached hydrogens (primary N) is 1. The van der Waals surface area contributed by atoms with Crippen LogP contribution in [0.4, 0.5) is 27.4 Å². The molecule has 26 heavy (non-hydrogen) atoms. The third-order valence-electron chi connectivity index (χ3n) is 4.38. The number of hydrogen-bond donors (Lipinski definition) is 2. The molecule has 1 aromatic carbocycles. The minimum absolute atomic E-state index is 0.0777. The van der Waals surface area contributed by atoms with Crippen molar-refractivity contribution in [2.45, 2.75) is 19.8 Å². The van der Waals surface area contributed by atoms with E-state index in [1.807, 2.05) is 11.8 Å². The number of nitrogens with one attached hydrogen (secondary N) is 1. The summed E-state index contributed by atoms with van der Waals surface area (Å²) >= 11 is 0. The van der Waals surface area contributed by atoms with E-state index in [0.717, 1.165) is 0 Å². The third kappa shape index (κ3) is 4.01. The van der Waals surface area contributed by atoms with Crippen molar-refractivity contribution in [1.82, 2.24) is 9.97 Å². The molecule has 1 aliphatic rings. The molecule has 1 aliphatic heterocycles. The lowest BCUT2D eigenvalue weighted by molar-refractivity contribution is -0.148. The highest BCUT2D eigenvalue weighted by molar-refractivity contribution is 5.78. The highest BCUT2D eigenvalue weighted by Gasteiger charge is 2.27. The predicted octanol–water partition coefficient (Wildman–Crippen LogP) is 2.72. The molecule has 0 atom stereocenters. The number of carbonyl (C=O) groups is 1. The fourth-order valence-electron chi connectivity index (χ4n) is 2.99.